The van der Waals surface area contributed by atoms with Crippen molar-refractivity contribution in [3.05, 3.63) is 17.2 Å². The molecule has 3 aliphatic rings. The Hall–Kier alpha value is -0.870. The summed E-state index contributed by atoms with van der Waals surface area (Å²) in [6, 6.07) is 0. The summed E-state index contributed by atoms with van der Waals surface area (Å²) in [4.78, 5) is 7.69. The SMILES string of the molecule is C1CCC(c2nc3c(n2CCN2CCCC2)CCNC3)C1. The fourth-order valence-corrected chi connectivity index (χ4v) is 4.38. The van der Waals surface area contributed by atoms with Crippen molar-refractivity contribution in [2.45, 2.75) is 64.0 Å². The van der Waals surface area contributed by atoms with Gasteiger partial charge in [0.15, 0.2) is 0 Å². The molecule has 0 atom stereocenters. The Morgan fingerprint density at radius 2 is 1.86 bits per heavy atom. The molecular formula is C17H28N4. The Kier molecular flexibility index (Phi) is 3.99. The van der Waals surface area contributed by atoms with E-state index in [1.807, 2.05) is 0 Å². The number of aromatic nitrogens is 2. The van der Waals surface area contributed by atoms with Gasteiger partial charge in [-0.3, -0.25) is 0 Å². The molecule has 2 aliphatic heterocycles. The fraction of sp³-hybridized carbons (Fsp3) is 0.824. The average Bonchev–Trinajstić information content (AvgIpc) is 3.25. The monoisotopic (exact) mass is 288 g/mol. The van der Waals surface area contributed by atoms with E-state index in [0.717, 1.165) is 32.0 Å². The van der Waals surface area contributed by atoms with E-state index in [0.29, 0.717) is 0 Å². The van der Waals surface area contributed by atoms with E-state index in [1.165, 1.54) is 75.4 Å². The maximum atomic E-state index is 5.06. The van der Waals surface area contributed by atoms with Crippen LogP contribution in [0.4, 0.5) is 0 Å². The van der Waals surface area contributed by atoms with E-state index in [1.54, 1.807) is 0 Å². The van der Waals surface area contributed by atoms with E-state index < -0.39 is 0 Å². The van der Waals surface area contributed by atoms with Gasteiger partial charge in [-0.2, -0.15) is 0 Å². The van der Waals surface area contributed by atoms with Crippen LogP contribution in [0.25, 0.3) is 0 Å². The van der Waals surface area contributed by atoms with Gasteiger partial charge in [0.25, 0.3) is 0 Å². The van der Waals surface area contributed by atoms with Gasteiger partial charge in [0.1, 0.15) is 5.82 Å². The number of hydrogen-bond acceptors (Lipinski definition) is 3. The second-order valence-electron chi connectivity index (χ2n) is 6.97. The van der Waals surface area contributed by atoms with Crippen molar-refractivity contribution >= 4 is 0 Å². The zero-order valence-electron chi connectivity index (χ0n) is 13.1. The van der Waals surface area contributed by atoms with Crippen LogP contribution >= 0.6 is 0 Å². The molecule has 4 heteroatoms. The highest BCUT2D eigenvalue weighted by atomic mass is 15.2. The van der Waals surface area contributed by atoms with Crippen LogP contribution in [0.3, 0.4) is 0 Å². The Morgan fingerprint density at radius 3 is 2.67 bits per heavy atom. The number of rotatable bonds is 4. The molecule has 0 unspecified atom stereocenters. The van der Waals surface area contributed by atoms with Gasteiger partial charge in [-0.1, -0.05) is 12.8 Å². The van der Waals surface area contributed by atoms with Crippen molar-refractivity contribution in [2.75, 3.05) is 26.2 Å². The van der Waals surface area contributed by atoms with Crippen LogP contribution in [0.2, 0.25) is 0 Å². The fourth-order valence-electron chi connectivity index (χ4n) is 4.38. The van der Waals surface area contributed by atoms with Crippen molar-refractivity contribution in [1.29, 1.82) is 0 Å². The summed E-state index contributed by atoms with van der Waals surface area (Å²) in [5, 5.41) is 3.48. The van der Waals surface area contributed by atoms with Crippen LogP contribution in [0.15, 0.2) is 0 Å². The molecule has 1 saturated carbocycles. The molecule has 1 N–H and O–H groups in total. The highest BCUT2D eigenvalue weighted by Gasteiger charge is 2.27. The number of nitrogens with zero attached hydrogens (tertiary/aromatic N) is 3. The third-order valence-corrected chi connectivity index (χ3v) is 5.57. The molecule has 4 rings (SSSR count). The Labute approximate surface area is 127 Å². The molecule has 1 aromatic heterocycles. The summed E-state index contributed by atoms with van der Waals surface area (Å²) in [5.74, 6) is 2.15. The number of fused-ring (bicyclic) bond motifs is 1. The van der Waals surface area contributed by atoms with Crippen molar-refractivity contribution < 1.29 is 0 Å². The first-order valence-electron chi connectivity index (χ1n) is 8.93. The number of nitrogens with one attached hydrogen (secondary N) is 1. The van der Waals surface area contributed by atoms with E-state index in [-0.39, 0.29) is 0 Å². The van der Waals surface area contributed by atoms with Gasteiger partial charge in [0.05, 0.1) is 5.69 Å². The minimum absolute atomic E-state index is 0.731. The van der Waals surface area contributed by atoms with Crippen molar-refractivity contribution in [2.24, 2.45) is 0 Å². The Balaban J connectivity index is 1.57. The van der Waals surface area contributed by atoms with Crippen LogP contribution in [0.1, 0.15) is 61.7 Å². The predicted octanol–water partition coefficient (Wildman–Crippen LogP) is 2.28. The van der Waals surface area contributed by atoms with Gasteiger partial charge in [0, 0.05) is 44.2 Å². The molecule has 21 heavy (non-hydrogen) atoms. The third kappa shape index (κ3) is 2.76. The molecular weight excluding hydrogens is 260 g/mol. The minimum atomic E-state index is 0.731. The van der Waals surface area contributed by atoms with Crippen LogP contribution in [0.5, 0.6) is 0 Å². The number of imidazole rings is 1. The van der Waals surface area contributed by atoms with Crippen molar-refractivity contribution in [1.82, 2.24) is 19.8 Å². The van der Waals surface area contributed by atoms with Gasteiger partial charge < -0.3 is 14.8 Å². The third-order valence-electron chi connectivity index (χ3n) is 5.57. The normalized spacial score (nSPS) is 23.8. The summed E-state index contributed by atoms with van der Waals surface area (Å²) >= 11 is 0. The van der Waals surface area contributed by atoms with Gasteiger partial charge in [-0.15, -0.1) is 0 Å². The van der Waals surface area contributed by atoms with Crippen LogP contribution in [-0.4, -0.2) is 40.6 Å². The zero-order chi connectivity index (χ0) is 14.1. The molecule has 0 radical (unpaired) electrons. The first-order valence-corrected chi connectivity index (χ1v) is 8.93. The summed E-state index contributed by atoms with van der Waals surface area (Å²) in [7, 11) is 0. The molecule has 1 aliphatic carbocycles. The lowest BCUT2D eigenvalue weighted by atomic mass is 10.1. The van der Waals surface area contributed by atoms with Crippen LogP contribution in [0, 0.1) is 0 Å². The van der Waals surface area contributed by atoms with Crippen molar-refractivity contribution in [3.63, 3.8) is 0 Å². The second-order valence-corrected chi connectivity index (χ2v) is 6.97. The van der Waals surface area contributed by atoms with Gasteiger partial charge in [-0.25, -0.2) is 4.98 Å². The van der Waals surface area contributed by atoms with Gasteiger partial charge in [-0.05, 0) is 38.8 Å². The molecule has 0 amide bonds. The lowest BCUT2D eigenvalue weighted by molar-refractivity contribution is 0.316. The summed E-state index contributed by atoms with van der Waals surface area (Å²) in [6.45, 7) is 7.08. The van der Waals surface area contributed by atoms with Crippen LogP contribution < -0.4 is 5.32 Å². The molecule has 1 saturated heterocycles. The zero-order valence-corrected chi connectivity index (χ0v) is 13.1. The van der Waals surface area contributed by atoms with E-state index in [2.05, 4.69) is 14.8 Å². The van der Waals surface area contributed by atoms with Crippen LogP contribution in [-0.2, 0) is 19.5 Å². The van der Waals surface area contributed by atoms with Crippen molar-refractivity contribution in [3.8, 4) is 0 Å². The smallest absolute Gasteiger partial charge is 0.112 e. The first-order chi connectivity index (χ1) is 10.4. The lowest BCUT2D eigenvalue weighted by Crippen LogP contribution is -2.28. The molecule has 2 fully saturated rings. The highest BCUT2D eigenvalue weighted by Crippen LogP contribution is 2.35. The minimum Gasteiger partial charge on any atom is -0.330 e. The van der Waals surface area contributed by atoms with E-state index in [9.17, 15) is 0 Å². The number of hydrogen-bond donors (Lipinski definition) is 1. The van der Waals surface area contributed by atoms with E-state index in [4.69, 9.17) is 4.98 Å². The average molecular weight is 288 g/mol. The maximum absolute atomic E-state index is 5.06. The van der Waals surface area contributed by atoms with Gasteiger partial charge >= 0.3 is 0 Å². The standard InChI is InChI=1S/C17H28N4/c1-2-6-14(5-1)17-19-15-13-18-8-7-16(15)21(17)12-11-20-9-3-4-10-20/h14,18H,1-13H2. The van der Waals surface area contributed by atoms with E-state index >= 15 is 0 Å². The molecule has 4 nitrogen and oxygen atoms in total. The molecule has 0 spiro atoms. The predicted molar refractivity (Wildman–Crippen MR) is 84.5 cm³/mol. The van der Waals surface area contributed by atoms with Gasteiger partial charge in [0.2, 0.25) is 0 Å². The molecule has 3 heterocycles. The second kappa shape index (κ2) is 6.09. The quantitative estimate of drug-likeness (QED) is 0.923. The summed E-state index contributed by atoms with van der Waals surface area (Å²) in [6.07, 6.45) is 9.44. The Morgan fingerprint density at radius 1 is 1.05 bits per heavy atom. The lowest BCUT2D eigenvalue weighted by Gasteiger charge is -2.21. The first kappa shape index (κ1) is 13.8. The Bertz CT molecular complexity index is 481. The summed E-state index contributed by atoms with van der Waals surface area (Å²) < 4.78 is 2.62. The highest BCUT2D eigenvalue weighted by molar-refractivity contribution is 5.22. The maximum Gasteiger partial charge on any atom is 0.112 e. The topological polar surface area (TPSA) is 33.1 Å². The molecule has 0 aromatic carbocycles. The molecule has 0 bridgehead atoms. The number of likely N-dealkylation sites (tertiary alicyclic amines) is 1. The summed E-state index contributed by atoms with van der Waals surface area (Å²) in [5.41, 5.74) is 2.87. The molecule has 116 valence electrons. The largest absolute Gasteiger partial charge is 0.330 e. The molecule has 1 aromatic rings.